The largest absolute Gasteiger partial charge is 0.307 e. The molecule has 1 amide bonds. The Labute approximate surface area is 185 Å². The fraction of sp³-hybridized carbons (Fsp3) is 0.276. The van der Waals surface area contributed by atoms with Crippen LogP contribution in [0.15, 0.2) is 84.9 Å². The van der Waals surface area contributed by atoms with Crippen LogP contribution in [-0.2, 0) is 11.3 Å². The maximum absolute atomic E-state index is 14.2. The van der Waals surface area contributed by atoms with E-state index >= 15 is 0 Å². The van der Waals surface area contributed by atoms with Crippen LogP contribution >= 0.6 is 0 Å². The molecule has 1 atom stereocenters. The lowest BCUT2D eigenvalue weighted by atomic mass is 9.57. The highest BCUT2D eigenvalue weighted by Crippen LogP contribution is 2.60. The minimum Gasteiger partial charge on any atom is -0.307 e. The molecule has 3 aromatic rings. The lowest BCUT2D eigenvalue weighted by Crippen LogP contribution is -2.50. The van der Waals surface area contributed by atoms with Crippen LogP contribution in [0, 0.1) is 10.8 Å². The molecule has 1 heterocycles. The summed E-state index contributed by atoms with van der Waals surface area (Å²) in [5.41, 5.74) is 6.66. The summed E-state index contributed by atoms with van der Waals surface area (Å²) in [5, 5.41) is 0. The third-order valence-corrected chi connectivity index (χ3v) is 6.83. The van der Waals surface area contributed by atoms with Gasteiger partial charge in [-0.3, -0.25) is 4.79 Å². The molecule has 0 N–H and O–H groups in total. The van der Waals surface area contributed by atoms with E-state index < -0.39 is 5.41 Å². The molecule has 3 aromatic carbocycles. The molecule has 1 aliphatic heterocycles. The van der Waals surface area contributed by atoms with Gasteiger partial charge >= 0.3 is 0 Å². The van der Waals surface area contributed by atoms with Gasteiger partial charge in [0, 0.05) is 5.56 Å². The number of para-hydroxylation sites is 1. The molecule has 0 saturated carbocycles. The molecular formula is C29H29NO. The quantitative estimate of drug-likeness (QED) is 0.459. The van der Waals surface area contributed by atoms with E-state index in [1.807, 2.05) is 29.2 Å². The maximum Gasteiger partial charge on any atom is 0.237 e. The lowest BCUT2D eigenvalue weighted by molar-refractivity contribution is -0.126. The molecule has 0 fully saturated rings. The van der Waals surface area contributed by atoms with Crippen molar-refractivity contribution in [3.05, 3.63) is 102 Å². The monoisotopic (exact) mass is 407 g/mol. The number of nitrogens with zero attached hydrogens (tertiary/aromatic N) is 1. The Morgan fingerprint density at radius 3 is 2.13 bits per heavy atom. The van der Waals surface area contributed by atoms with Gasteiger partial charge in [0.2, 0.25) is 5.91 Å². The highest BCUT2D eigenvalue weighted by Gasteiger charge is 2.52. The SMILES string of the molecule is CC1(C)CC(c2ccccc2)=C2c3ccccc3N(Cc3ccccc3)C(=O)C2(C)C1. The van der Waals surface area contributed by atoms with E-state index in [2.05, 4.69) is 81.4 Å². The molecule has 0 saturated heterocycles. The standard InChI is InChI=1S/C29H29NO/c1-28(2)18-24(22-14-8-5-9-15-22)26-23-16-10-11-17-25(23)30(27(31)29(26,3)20-28)19-21-12-6-4-7-13-21/h4-17H,18-20H2,1-3H3. The van der Waals surface area contributed by atoms with E-state index in [0.717, 1.165) is 24.1 Å². The third-order valence-electron chi connectivity index (χ3n) is 6.83. The van der Waals surface area contributed by atoms with E-state index in [9.17, 15) is 4.79 Å². The third kappa shape index (κ3) is 3.31. The smallest absolute Gasteiger partial charge is 0.237 e. The van der Waals surface area contributed by atoms with Crippen LogP contribution in [0.4, 0.5) is 5.69 Å². The van der Waals surface area contributed by atoms with Gasteiger partial charge in [0.25, 0.3) is 0 Å². The number of hydrogen-bond acceptors (Lipinski definition) is 1. The minimum atomic E-state index is -0.546. The summed E-state index contributed by atoms with van der Waals surface area (Å²) in [6.07, 6.45) is 1.83. The number of fused-ring (bicyclic) bond motifs is 3. The van der Waals surface area contributed by atoms with E-state index in [1.54, 1.807) is 0 Å². The van der Waals surface area contributed by atoms with Gasteiger partial charge < -0.3 is 4.90 Å². The number of anilines is 1. The van der Waals surface area contributed by atoms with Gasteiger partial charge in [-0.1, -0.05) is 92.7 Å². The molecule has 156 valence electrons. The Balaban J connectivity index is 1.76. The number of rotatable bonds is 3. The van der Waals surface area contributed by atoms with Gasteiger partial charge in [-0.15, -0.1) is 0 Å². The number of benzene rings is 3. The Kier molecular flexibility index (Phi) is 4.62. The summed E-state index contributed by atoms with van der Waals surface area (Å²) in [5.74, 6) is 0.214. The van der Waals surface area contributed by atoms with Crippen molar-refractivity contribution < 1.29 is 4.79 Å². The van der Waals surface area contributed by atoms with Gasteiger partial charge in [-0.05, 0) is 53.5 Å². The summed E-state index contributed by atoms with van der Waals surface area (Å²) < 4.78 is 0. The molecule has 31 heavy (non-hydrogen) atoms. The molecule has 0 radical (unpaired) electrons. The van der Waals surface area contributed by atoms with Gasteiger partial charge in [-0.2, -0.15) is 0 Å². The van der Waals surface area contributed by atoms with Crippen molar-refractivity contribution in [2.75, 3.05) is 4.90 Å². The highest BCUT2D eigenvalue weighted by atomic mass is 16.2. The molecule has 0 bridgehead atoms. The van der Waals surface area contributed by atoms with Crippen LogP contribution < -0.4 is 4.90 Å². The lowest BCUT2D eigenvalue weighted by Gasteiger charge is -2.50. The number of carbonyl (C=O) groups is 1. The first-order valence-electron chi connectivity index (χ1n) is 11.1. The maximum atomic E-state index is 14.2. The zero-order chi connectivity index (χ0) is 21.6. The van der Waals surface area contributed by atoms with Crippen molar-refractivity contribution in [3.63, 3.8) is 0 Å². The molecular weight excluding hydrogens is 378 g/mol. The van der Waals surface area contributed by atoms with Gasteiger partial charge in [-0.25, -0.2) is 0 Å². The van der Waals surface area contributed by atoms with Gasteiger partial charge in [0.15, 0.2) is 0 Å². The van der Waals surface area contributed by atoms with Crippen molar-refractivity contribution in [3.8, 4) is 0 Å². The number of allylic oxidation sites excluding steroid dienone is 1. The van der Waals surface area contributed by atoms with Crippen LogP contribution in [0.25, 0.3) is 11.1 Å². The normalized spacial score (nSPS) is 22.2. The number of hydrogen-bond donors (Lipinski definition) is 0. The predicted molar refractivity (Wildman–Crippen MR) is 128 cm³/mol. The first-order chi connectivity index (χ1) is 14.9. The second-order valence-corrected chi connectivity index (χ2v) is 9.96. The van der Waals surface area contributed by atoms with E-state index in [-0.39, 0.29) is 11.3 Å². The molecule has 0 spiro atoms. The van der Waals surface area contributed by atoms with E-state index in [1.165, 1.54) is 22.3 Å². The molecule has 5 rings (SSSR count). The second-order valence-electron chi connectivity index (χ2n) is 9.96. The second kappa shape index (κ2) is 7.23. The Bertz CT molecular complexity index is 1160. The first-order valence-corrected chi connectivity index (χ1v) is 11.1. The van der Waals surface area contributed by atoms with Crippen molar-refractivity contribution in [1.29, 1.82) is 0 Å². The first kappa shape index (κ1) is 19.8. The van der Waals surface area contributed by atoms with E-state index in [0.29, 0.717) is 6.54 Å². The fourth-order valence-corrected chi connectivity index (χ4v) is 5.79. The number of carbonyl (C=O) groups excluding carboxylic acids is 1. The van der Waals surface area contributed by atoms with Crippen molar-refractivity contribution in [2.24, 2.45) is 10.8 Å². The summed E-state index contributed by atoms with van der Waals surface area (Å²) >= 11 is 0. The Morgan fingerprint density at radius 1 is 0.806 bits per heavy atom. The minimum absolute atomic E-state index is 0.0454. The molecule has 1 unspecified atom stereocenters. The van der Waals surface area contributed by atoms with Crippen LogP contribution in [-0.4, -0.2) is 5.91 Å². The molecule has 2 heteroatoms. The summed E-state index contributed by atoms with van der Waals surface area (Å²) in [7, 11) is 0. The fourth-order valence-electron chi connectivity index (χ4n) is 5.79. The summed E-state index contributed by atoms with van der Waals surface area (Å²) in [4.78, 5) is 16.2. The van der Waals surface area contributed by atoms with Gasteiger partial charge in [0.05, 0.1) is 17.6 Å². The zero-order valence-corrected chi connectivity index (χ0v) is 18.6. The average molecular weight is 408 g/mol. The molecule has 2 nitrogen and oxygen atoms in total. The molecule has 1 aliphatic carbocycles. The highest BCUT2D eigenvalue weighted by molar-refractivity contribution is 6.16. The van der Waals surface area contributed by atoms with Crippen LogP contribution in [0.5, 0.6) is 0 Å². The molecule has 0 aromatic heterocycles. The van der Waals surface area contributed by atoms with Crippen LogP contribution in [0.2, 0.25) is 0 Å². The average Bonchev–Trinajstić information content (AvgIpc) is 2.77. The van der Waals surface area contributed by atoms with Crippen LogP contribution in [0.1, 0.15) is 50.3 Å². The van der Waals surface area contributed by atoms with Crippen LogP contribution in [0.3, 0.4) is 0 Å². The Hall–Kier alpha value is -3.13. The predicted octanol–water partition coefficient (Wildman–Crippen LogP) is 6.97. The zero-order valence-electron chi connectivity index (χ0n) is 18.6. The van der Waals surface area contributed by atoms with Crippen molar-refractivity contribution >= 4 is 22.7 Å². The summed E-state index contributed by atoms with van der Waals surface area (Å²) in [6.45, 7) is 7.36. The van der Waals surface area contributed by atoms with Gasteiger partial charge in [0.1, 0.15) is 0 Å². The van der Waals surface area contributed by atoms with Crippen molar-refractivity contribution in [2.45, 2.75) is 40.2 Å². The van der Waals surface area contributed by atoms with Crippen molar-refractivity contribution in [1.82, 2.24) is 0 Å². The van der Waals surface area contributed by atoms with E-state index in [4.69, 9.17) is 0 Å². The topological polar surface area (TPSA) is 20.3 Å². The number of amides is 1. The Morgan fingerprint density at radius 2 is 1.42 bits per heavy atom. The molecule has 2 aliphatic rings. The summed E-state index contributed by atoms with van der Waals surface area (Å²) in [6, 6.07) is 29.4.